The van der Waals surface area contributed by atoms with E-state index in [1.54, 1.807) is 21.3 Å². The molecule has 0 bridgehead atoms. The first-order valence-corrected chi connectivity index (χ1v) is 10.3. The van der Waals surface area contributed by atoms with Crippen molar-refractivity contribution in [1.29, 1.82) is 0 Å². The number of benzene rings is 2. The van der Waals surface area contributed by atoms with Crippen molar-refractivity contribution in [3.63, 3.8) is 0 Å². The molecule has 2 aromatic rings. The lowest BCUT2D eigenvalue weighted by molar-refractivity contribution is -0.136. The molecule has 2 heterocycles. The Morgan fingerprint density at radius 1 is 0.933 bits per heavy atom. The van der Waals surface area contributed by atoms with Crippen molar-refractivity contribution < 1.29 is 23.7 Å². The molecule has 0 amide bonds. The Bertz CT molecular complexity index is 1050. The van der Waals surface area contributed by atoms with Crippen molar-refractivity contribution in [2.24, 2.45) is 0 Å². The summed E-state index contributed by atoms with van der Waals surface area (Å²) in [6.45, 7) is 0.269. The van der Waals surface area contributed by atoms with Crippen LogP contribution in [0.25, 0.3) is 0 Å². The Morgan fingerprint density at radius 3 is 2.23 bits per heavy atom. The molecule has 1 aliphatic carbocycles. The van der Waals surface area contributed by atoms with Gasteiger partial charge < -0.3 is 24.3 Å². The lowest BCUT2D eigenvalue weighted by atomic mass is 9.78. The summed E-state index contributed by atoms with van der Waals surface area (Å²) in [5.41, 5.74) is 7.30. The van der Waals surface area contributed by atoms with Gasteiger partial charge in [-0.3, -0.25) is 0 Å². The van der Waals surface area contributed by atoms with Crippen molar-refractivity contribution >= 4 is 11.7 Å². The zero-order valence-electron chi connectivity index (χ0n) is 17.5. The number of carbonyl (C=O) groups is 1. The standard InChI is InChI=1S/C24H25NO5/c1-27-19-10-15(11-20(28-2)23(19)29-3)21-16-8-13-6-4-5-7-14(13)9-17(16)25-18-12-30-24(26)22(18)21/h8-11,21,25H,4-7,12H2,1-3H3. The van der Waals surface area contributed by atoms with E-state index in [1.165, 1.54) is 24.0 Å². The molecule has 1 unspecified atom stereocenters. The maximum Gasteiger partial charge on any atom is 0.337 e. The molecule has 1 N–H and O–H groups in total. The van der Waals surface area contributed by atoms with Gasteiger partial charge in [0.2, 0.25) is 5.75 Å². The normalized spacial score (nSPS) is 19.3. The highest BCUT2D eigenvalue weighted by Gasteiger charge is 2.39. The lowest BCUT2D eigenvalue weighted by Crippen LogP contribution is -2.21. The molecule has 2 aromatic carbocycles. The van der Waals surface area contributed by atoms with E-state index < -0.39 is 0 Å². The third-order valence-electron chi connectivity index (χ3n) is 6.31. The third-order valence-corrected chi connectivity index (χ3v) is 6.31. The molecule has 6 heteroatoms. The fraction of sp³-hybridized carbons (Fsp3) is 0.375. The first-order valence-electron chi connectivity index (χ1n) is 10.3. The number of aryl methyl sites for hydroxylation is 2. The number of carbonyl (C=O) groups excluding carboxylic acids is 1. The highest BCUT2D eigenvalue weighted by atomic mass is 16.5. The van der Waals surface area contributed by atoms with E-state index in [2.05, 4.69) is 17.4 Å². The number of ether oxygens (including phenoxy) is 4. The second-order valence-electron chi connectivity index (χ2n) is 7.90. The van der Waals surface area contributed by atoms with Crippen LogP contribution in [0.5, 0.6) is 17.2 Å². The molecule has 6 nitrogen and oxygen atoms in total. The molecule has 0 saturated heterocycles. The molecule has 30 heavy (non-hydrogen) atoms. The third kappa shape index (κ3) is 2.82. The minimum atomic E-state index is -0.278. The van der Waals surface area contributed by atoms with Crippen LogP contribution in [0.15, 0.2) is 35.5 Å². The molecule has 0 aromatic heterocycles. The van der Waals surface area contributed by atoms with Gasteiger partial charge in [-0.05, 0) is 66.1 Å². The summed E-state index contributed by atoms with van der Waals surface area (Å²) in [5, 5.41) is 3.47. The quantitative estimate of drug-likeness (QED) is 0.774. The van der Waals surface area contributed by atoms with E-state index in [9.17, 15) is 4.79 Å². The van der Waals surface area contributed by atoms with Gasteiger partial charge in [0.15, 0.2) is 11.5 Å². The highest BCUT2D eigenvalue weighted by Crippen LogP contribution is 2.49. The van der Waals surface area contributed by atoms with E-state index in [0.29, 0.717) is 22.8 Å². The van der Waals surface area contributed by atoms with Crippen LogP contribution in [-0.2, 0) is 22.4 Å². The van der Waals surface area contributed by atoms with Gasteiger partial charge in [0.05, 0.1) is 32.6 Å². The summed E-state index contributed by atoms with van der Waals surface area (Å²) in [5.74, 6) is 1.13. The van der Waals surface area contributed by atoms with Crippen LogP contribution < -0.4 is 19.5 Å². The van der Waals surface area contributed by atoms with Crippen molar-refractivity contribution in [1.82, 2.24) is 0 Å². The Labute approximate surface area is 175 Å². The fourth-order valence-corrected chi connectivity index (χ4v) is 4.90. The van der Waals surface area contributed by atoms with Gasteiger partial charge in [-0.1, -0.05) is 6.07 Å². The van der Waals surface area contributed by atoms with E-state index in [4.69, 9.17) is 18.9 Å². The average molecular weight is 407 g/mol. The van der Waals surface area contributed by atoms with E-state index in [1.807, 2.05) is 12.1 Å². The molecule has 156 valence electrons. The van der Waals surface area contributed by atoms with Gasteiger partial charge in [0, 0.05) is 11.6 Å². The predicted octanol–water partition coefficient (Wildman–Crippen LogP) is 3.96. The zero-order chi connectivity index (χ0) is 20.8. The summed E-state index contributed by atoms with van der Waals surface area (Å²) in [7, 11) is 4.78. The SMILES string of the molecule is COc1cc(C2C3=C(COC3=O)Nc3cc4c(cc32)CCCC4)cc(OC)c1OC. The van der Waals surface area contributed by atoms with E-state index in [-0.39, 0.29) is 18.5 Å². The van der Waals surface area contributed by atoms with Crippen molar-refractivity contribution in [3.05, 3.63) is 57.8 Å². The summed E-state index contributed by atoms with van der Waals surface area (Å²) >= 11 is 0. The Morgan fingerprint density at radius 2 is 1.60 bits per heavy atom. The highest BCUT2D eigenvalue weighted by molar-refractivity contribution is 5.97. The van der Waals surface area contributed by atoms with Gasteiger partial charge >= 0.3 is 5.97 Å². The molecule has 0 spiro atoms. The minimum Gasteiger partial charge on any atom is -0.493 e. The van der Waals surface area contributed by atoms with Crippen LogP contribution >= 0.6 is 0 Å². The molecule has 3 aliphatic rings. The van der Waals surface area contributed by atoms with Crippen LogP contribution in [0.2, 0.25) is 0 Å². The van der Waals surface area contributed by atoms with Crippen LogP contribution in [0, 0.1) is 0 Å². The second-order valence-corrected chi connectivity index (χ2v) is 7.90. The number of nitrogens with one attached hydrogen (secondary N) is 1. The van der Waals surface area contributed by atoms with Crippen molar-refractivity contribution in [2.75, 3.05) is 33.3 Å². The molecule has 0 saturated carbocycles. The number of hydrogen-bond donors (Lipinski definition) is 1. The van der Waals surface area contributed by atoms with Crippen LogP contribution in [0.1, 0.15) is 41.0 Å². The van der Waals surface area contributed by atoms with Crippen LogP contribution in [0.4, 0.5) is 5.69 Å². The monoisotopic (exact) mass is 407 g/mol. The van der Waals surface area contributed by atoms with Crippen molar-refractivity contribution in [3.8, 4) is 17.2 Å². The number of rotatable bonds is 4. The first kappa shape index (κ1) is 18.9. The first-order chi connectivity index (χ1) is 14.6. The lowest BCUT2D eigenvalue weighted by Gasteiger charge is -2.30. The number of hydrogen-bond acceptors (Lipinski definition) is 6. The average Bonchev–Trinajstić information content (AvgIpc) is 3.15. The Balaban J connectivity index is 1.73. The molecule has 5 rings (SSSR count). The smallest absolute Gasteiger partial charge is 0.337 e. The van der Waals surface area contributed by atoms with E-state index >= 15 is 0 Å². The predicted molar refractivity (Wildman–Crippen MR) is 113 cm³/mol. The van der Waals surface area contributed by atoms with Crippen LogP contribution in [0.3, 0.4) is 0 Å². The fourth-order valence-electron chi connectivity index (χ4n) is 4.90. The number of esters is 1. The molecule has 1 atom stereocenters. The maximum absolute atomic E-state index is 12.7. The largest absolute Gasteiger partial charge is 0.493 e. The molecular weight excluding hydrogens is 382 g/mol. The Kier molecular flexibility index (Phi) is 4.57. The topological polar surface area (TPSA) is 66.0 Å². The number of methoxy groups -OCH3 is 3. The van der Waals surface area contributed by atoms with Crippen molar-refractivity contribution in [2.45, 2.75) is 31.6 Å². The van der Waals surface area contributed by atoms with E-state index in [0.717, 1.165) is 35.4 Å². The van der Waals surface area contributed by atoms with Crippen LogP contribution in [-0.4, -0.2) is 33.9 Å². The number of cyclic esters (lactones) is 1. The van der Waals surface area contributed by atoms with Gasteiger partial charge in [-0.25, -0.2) is 4.79 Å². The molecule has 0 radical (unpaired) electrons. The van der Waals surface area contributed by atoms with Gasteiger partial charge in [-0.15, -0.1) is 0 Å². The van der Waals surface area contributed by atoms with Gasteiger partial charge in [0.1, 0.15) is 6.61 Å². The Hall–Kier alpha value is -3.15. The summed E-state index contributed by atoms with van der Waals surface area (Å²) < 4.78 is 22.0. The minimum absolute atomic E-state index is 0.257. The maximum atomic E-state index is 12.7. The second kappa shape index (κ2) is 7.27. The van der Waals surface area contributed by atoms with Gasteiger partial charge in [-0.2, -0.15) is 0 Å². The summed E-state index contributed by atoms with van der Waals surface area (Å²) in [6.07, 6.45) is 4.59. The summed E-state index contributed by atoms with van der Waals surface area (Å²) in [6, 6.07) is 8.37. The summed E-state index contributed by atoms with van der Waals surface area (Å²) in [4.78, 5) is 12.7. The number of anilines is 1. The zero-order valence-corrected chi connectivity index (χ0v) is 17.5. The molecule has 0 fully saturated rings. The number of fused-ring (bicyclic) bond motifs is 2. The molecular formula is C24H25NO5. The van der Waals surface area contributed by atoms with Gasteiger partial charge in [0.25, 0.3) is 0 Å². The molecule has 2 aliphatic heterocycles.